The first-order valence-electron chi connectivity index (χ1n) is 9.66. The molecule has 0 unspecified atom stereocenters. The number of benzene rings is 1. The average Bonchev–Trinajstić information content (AvgIpc) is 3.28. The maximum absolute atomic E-state index is 5.88. The average molecular weight is 415 g/mol. The molecule has 1 aromatic carbocycles. The zero-order valence-electron chi connectivity index (χ0n) is 16.3. The maximum atomic E-state index is 5.88. The first-order chi connectivity index (χ1) is 12.3. The van der Waals surface area contributed by atoms with Gasteiger partial charge in [-0.25, -0.2) is 0 Å². The van der Waals surface area contributed by atoms with Crippen LogP contribution in [0.5, 0.6) is 11.5 Å². The van der Waals surface area contributed by atoms with Crippen molar-refractivity contribution in [3.63, 3.8) is 0 Å². The Labute approximate surface area is 175 Å². The number of ether oxygens (including phenoxy) is 2. The Morgan fingerprint density at radius 3 is 2.41 bits per heavy atom. The number of halogens is 2. The summed E-state index contributed by atoms with van der Waals surface area (Å²) in [5, 5.41) is 3.60. The maximum Gasteiger partial charge on any atom is 0.164 e. The van der Waals surface area contributed by atoms with Crippen LogP contribution in [-0.4, -0.2) is 43.8 Å². The van der Waals surface area contributed by atoms with Gasteiger partial charge in [0.05, 0.1) is 13.7 Å². The Balaban J connectivity index is 0.00000131. The van der Waals surface area contributed by atoms with Crippen LogP contribution in [0, 0.1) is 11.8 Å². The van der Waals surface area contributed by atoms with Crippen molar-refractivity contribution in [1.29, 1.82) is 0 Å². The molecule has 0 aromatic heterocycles. The highest BCUT2D eigenvalue weighted by atomic mass is 35.5. The molecule has 4 rings (SSSR count). The third-order valence-electron chi connectivity index (χ3n) is 6.33. The molecule has 0 spiro atoms. The van der Waals surface area contributed by atoms with E-state index in [1.807, 2.05) is 13.0 Å². The van der Waals surface area contributed by atoms with Crippen LogP contribution in [0.4, 0.5) is 0 Å². The summed E-state index contributed by atoms with van der Waals surface area (Å²) in [6.07, 6.45) is 5.47. The molecule has 4 atom stereocenters. The molecule has 3 saturated heterocycles. The molecule has 1 aromatic rings. The first-order valence-corrected chi connectivity index (χ1v) is 9.66. The fourth-order valence-corrected chi connectivity index (χ4v) is 5.46. The van der Waals surface area contributed by atoms with Crippen LogP contribution in [0.1, 0.15) is 30.9 Å². The van der Waals surface area contributed by atoms with E-state index in [4.69, 9.17) is 9.47 Å². The lowest BCUT2D eigenvalue weighted by atomic mass is 9.82. The molecule has 6 heteroatoms. The van der Waals surface area contributed by atoms with Crippen LogP contribution >= 0.6 is 24.8 Å². The number of hydrogen-bond donors (Lipinski definition) is 1. The standard InChI is InChI=1S/C21H30N2O2.2ClH/c1-4-6-15-9-14(10-20(25-5-2)21(15)24-3)13-23-18-7-8-19(23)17-12-22-11-16(17)18;;/h4,9-10,16-19,22H,1,5-8,11-13H2,2-3H3;2*1H/t16-,17+,18-,19+;;. The van der Waals surface area contributed by atoms with Gasteiger partial charge in [0.1, 0.15) is 0 Å². The fraction of sp³-hybridized carbons (Fsp3) is 0.619. The normalized spacial score (nSPS) is 28.2. The summed E-state index contributed by atoms with van der Waals surface area (Å²) in [6.45, 7) is 10.0. The van der Waals surface area contributed by atoms with Crippen molar-refractivity contribution in [1.82, 2.24) is 10.2 Å². The predicted molar refractivity (Wildman–Crippen MR) is 115 cm³/mol. The van der Waals surface area contributed by atoms with Gasteiger partial charge in [-0.3, -0.25) is 4.90 Å². The summed E-state index contributed by atoms with van der Waals surface area (Å²) in [4.78, 5) is 2.77. The zero-order valence-corrected chi connectivity index (χ0v) is 17.9. The Hall–Kier alpha value is -0.940. The second-order valence-electron chi connectivity index (χ2n) is 7.58. The summed E-state index contributed by atoms with van der Waals surface area (Å²) < 4.78 is 11.5. The minimum Gasteiger partial charge on any atom is -0.493 e. The highest BCUT2D eigenvalue weighted by molar-refractivity contribution is 5.85. The monoisotopic (exact) mass is 414 g/mol. The van der Waals surface area contributed by atoms with Crippen LogP contribution < -0.4 is 14.8 Å². The van der Waals surface area contributed by atoms with Gasteiger partial charge in [-0.2, -0.15) is 0 Å². The lowest BCUT2D eigenvalue weighted by Gasteiger charge is -2.25. The van der Waals surface area contributed by atoms with E-state index in [0.717, 1.165) is 48.4 Å². The molecule has 0 aliphatic carbocycles. The molecule has 3 heterocycles. The minimum absolute atomic E-state index is 0. The zero-order chi connectivity index (χ0) is 17.4. The molecular weight excluding hydrogens is 383 g/mol. The quantitative estimate of drug-likeness (QED) is 0.686. The second-order valence-corrected chi connectivity index (χ2v) is 7.58. The van der Waals surface area contributed by atoms with Crippen molar-refractivity contribution in [2.75, 3.05) is 26.8 Å². The molecule has 3 aliphatic rings. The van der Waals surface area contributed by atoms with E-state index >= 15 is 0 Å². The van der Waals surface area contributed by atoms with E-state index < -0.39 is 0 Å². The van der Waals surface area contributed by atoms with Crippen molar-refractivity contribution >= 4 is 24.8 Å². The molecule has 3 fully saturated rings. The number of nitrogens with zero attached hydrogens (tertiary/aromatic N) is 1. The van der Waals surface area contributed by atoms with Gasteiger partial charge in [0.15, 0.2) is 11.5 Å². The molecule has 0 amide bonds. The van der Waals surface area contributed by atoms with Crippen LogP contribution in [-0.2, 0) is 13.0 Å². The van der Waals surface area contributed by atoms with Gasteiger partial charge in [-0.05, 0) is 62.7 Å². The number of rotatable bonds is 7. The smallest absolute Gasteiger partial charge is 0.164 e. The second kappa shape index (κ2) is 9.51. The molecule has 152 valence electrons. The van der Waals surface area contributed by atoms with Gasteiger partial charge in [-0.15, -0.1) is 31.4 Å². The van der Waals surface area contributed by atoms with Gasteiger partial charge in [-0.1, -0.05) is 12.1 Å². The van der Waals surface area contributed by atoms with Crippen molar-refractivity contribution in [3.8, 4) is 11.5 Å². The highest BCUT2D eigenvalue weighted by Gasteiger charge is 2.54. The Kier molecular flexibility index (Phi) is 7.87. The number of nitrogens with one attached hydrogen (secondary N) is 1. The number of methoxy groups -OCH3 is 1. The molecule has 0 radical (unpaired) electrons. The van der Waals surface area contributed by atoms with Crippen molar-refractivity contribution in [2.45, 2.75) is 44.8 Å². The van der Waals surface area contributed by atoms with Gasteiger partial charge in [0, 0.05) is 24.2 Å². The van der Waals surface area contributed by atoms with Gasteiger partial charge < -0.3 is 14.8 Å². The molecular formula is C21H32Cl2N2O2. The molecule has 4 nitrogen and oxygen atoms in total. The Morgan fingerprint density at radius 2 is 1.85 bits per heavy atom. The Bertz CT molecular complexity index is 637. The minimum atomic E-state index is 0. The Morgan fingerprint density at radius 1 is 1.19 bits per heavy atom. The van der Waals surface area contributed by atoms with Crippen molar-refractivity contribution in [3.05, 3.63) is 35.9 Å². The summed E-state index contributed by atoms with van der Waals surface area (Å²) >= 11 is 0. The predicted octanol–water partition coefficient (Wildman–Crippen LogP) is 3.85. The van der Waals surface area contributed by atoms with Gasteiger partial charge in [0.25, 0.3) is 0 Å². The third-order valence-corrected chi connectivity index (χ3v) is 6.33. The van der Waals surface area contributed by atoms with E-state index in [1.54, 1.807) is 7.11 Å². The van der Waals surface area contributed by atoms with E-state index in [9.17, 15) is 0 Å². The third kappa shape index (κ3) is 3.95. The first kappa shape index (κ1) is 22.4. The van der Waals surface area contributed by atoms with E-state index in [0.29, 0.717) is 6.61 Å². The summed E-state index contributed by atoms with van der Waals surface area (Å²) in [6, 6.07) is 5.98. The number of allylic oxidation sites excluding steroid dienone is 1. The highest BCUT2D eigenvalue weighted by Crippen LogP contribution is 2.48. The van der Waals surface area contributed by atoms with Crippen molar-refractivity contribution in [2.24, 2.45) is 11.8 Å². The van der Waals surface area contributed by atoms with Crippen LogP contribution in [0.25, 0.3) is 0 Å². The topological polar surface area (TPSA) is 33.7 Å². The van der Waals surface area contributed by atoms with E-state index in [2.05, 4.69) is 28.9 Å². The number of hydrogen-bond acceptors (Lipinski definition) is 4. The summed E-state index contributed by atoms with van der Waals surface area (Å²) in [7, 11) is 1.72. The molecule has 2 bridgehead atoms. The van der Waals surface area contributed by atoms with Crippen LogP contribution in [0.2, 0.25) is 0 Å². The van der Waals surface area contributed by atoms with Gasteiger partial charge in [0.2, 0.25) is 0 Å². The van der Waals surface area contributed by atoms with E-state index in [-0.39, 0.29) is 24.8 Å². The van der Waals surface area contributed by atoms with Crippen LogP contribution in [0.3, 0.4) is 0 Å². The lowest BCUT2D eigenvalue weighted by Crippen LogP contribution is -2.33. The molecule has 27 heavy (non-hydrogen) atoms. The van der Waals surface area contributed by atoms with E-state index in [1.165, 1.54) is 37.1 Å². The van der Waals surface area contributed by atoms with Crippen LogP contribution in [0.15, 0.2) is 24.8 Å². The SMILES string of the molecule is C=CCc1cc(CN2[C@@H]3CC[C@H]2[C@H]2CNC[C@H]23)cc(OCC)c1OC.Cl.Cl. The summed E-state index contributed by atoms with van der Waals surface area (Å²) in [5.74, 6) is 3.44. The lowest BCUT2D eigenvalue weighted by molar-refractivity contribution is 0.218. The molecule has 1 N–H and O–H groups in total. The fourth-order valence-electron chi connectivity index (χ4n) is 5.46. The molecule has 0 saturated carbocycles. The summed E-state index contributed by atoms with van der Waals surface area (Å²) in [5.41, 5.74) is 2.51. The number of fused-ring (bicyclic) bond motifs is 5. The van der Waals surface area contributed by atoms with Gasteiger partial charge >= 0.3 is 0 Å². The molecule has 3 aliphatic heterocycles. The largest absolute Gasteiger partial charge is 0.493 e. The van der Waals surface area contributed by atoms with Crippen molar-refractivity contribution < 1.29 is 9.47 Å².